The number of carbonyl (C=O) groups is 1. The maximum absolute atomic E-state index is 14.2. The van der Waals surface area contributed by atoms with Crippen molar-refractivity contribution in [2.75, 3.05) is 17.2 Å². The highest BCUT2D eigenvalue weighted by atomic mass is 19.1. The molecule has 31 heavy (non-hydrogen) atoms. The minimum atomic E-state index is -0.306. The van der Waals surface area contributed by atoms with Crippen LogP contribution in [0.2, 0.25) is 0 Å². The Hall–Kier alpha value is -3.88. The number of halogens is 1. The van der Waals surface area contributed by atoms with E-state index in [1.165, 1.54) is 6.07 Å². The van der Waals surface area contributed by atoms with E-state index in [4.69, 9.17) is 5.73 Å². The average molecular weight is 417 g/mol. The van der Waals surface area contributed by atoms with Crippen LogP contribution in [0.5, 0.6) is 0 Å². The van der Waals surface area contributed by atoms with E-state index in [1.807, 2.05) is 6.07 Å². The number of anilines is 2. The summed E-state index contributed by atoms with van der Waals surface area (Å²) in [6.45, 7) is 0.825. The SMILES string of the molecule is Nc1nc(-c2nn(Cc3ccccc3F)c3ncccc23)ncc1N1CCCCC1=O. The summed E-state index contributed by atoms with van der Waals surface area (Å²) in [6, 6.07) is 10.2. The highest BCUT2D eigenvalue weighted by molar-refractivity contribution is 5.96. The molecule has 3 aromatic heterocycles. The smallest absolute Gasteiger partial charge is 0.227 e. The van der Waals surface area contributed by atoms with Gasteiger partial charge in [-0.25, -0.2) is 24.0 Å². The van der Waals surface area contributed by atoms with Crippen LogP contribution >= 0.6 is 0 Å². The van der Waals surface area contributed by atoms with Crippen molar-refractivity contribution in [3.63, 3.8) is 0 Å². The van der Waals surface area contributed by atoms with Crippen molar-refractivity contribution >= 4 is 28.4 Å². The molecule has 0 saturated carbocycles. The Morgan fingerprint density at radius 3 is 2.77 bits per heavy atom. The molecule has 1 fully saturated rings. The molecule has 0 unspecified atom stereocenters. The van der Waals surface area contributed by atoms with Gasteiger partial charge in [-0.05, 0) is 31.0 Å². The summed E-state index contributed by atoms with van der Waals surface area (Å²) >= 11 is 0. The number of piperidine rings is 1. The summed E-state index contributed by atoms with van der Waals surface area (Å²) < 4.78 is 15.8. The van der Waals surface area contributed by atoms with Gasteiger partial charge >= 0.3 is 0 Å². The largest absolute Gasteiger partial charge is 0.382 e. The van der Waals surface area contributed by atoms with Crippen LogP contribution in [-0.2, 0) is 11.3 Å². The molecule has 0 bridgehead atoms. The van der Waals surface area contributed by atoms with Crippen LogP contribution in [0.3, 0.4) is 0 Å². The van der Waals surface area contributed by atoms with Crippen LogP contribution < -0.4 is 10.6 Å². The Bertz CT molecular complexity index is 1290. The van der Waals surface area contributed by atoms with E-state index in [9.17, 15) is 9.18 Å². The highest BCUT2D eigenvalue weighted by Gasteiger charge is 2.24. The number of nitrogens with two attached hydrogens (primary N) is 1. The number of nitrogens with zero attached hydrogens (tertiary/aromatic N) is 6. The van der Waals surface area contributed by atoms with Gasteiger partial charge in [0, 0.05) is 24.7 Å². The first kappa shape index (κ1) is 19.1. The molecule has 156 valence electrons. The molecule has 9 heteroatoms. The topological polar surface area (TPSA) is 103 Å². The van der Waals surface area contributed by atoms with E-state index < -0.39 is 0 Å². The third-order valence-electron chi connectivity index (χ3n) is 5.41. The van der Waals surface area contributed by atoms with Crippen LogP contribution in [-0.4, -0.2) is 37.2 Å². The zero-order valence-corrected chi connectivity index (χ0v) is 16.7. The first-order chi connectivity index (χ1) is 15.1. The van der Waals surface area contributed by atoms with Crippen molar-refractivity contribution in [3.8, 4) is 11.5 Å². The average Bonchev–Trinajstić information content (AvgIpc) is 3.15. The van der Waals surface area contributed by atoms with Crippen LogP contribution in [0.25, 0.3) is 22.6 Å². The highest BCUT2D eigenvalue weighted by Crippen LogP contribution is 2.30. The van der Waals surface area contributed by atoms with Crippen LogP contribution in [0.4, 0.5) is 15.9 Å². The zero-order chi connectivity index (χ0) is 21.4. The van der Waals surface area contributed by atoms with Gasteiger partial charge in [-0.15, -0.1) is 0 Å². The predicted octanol–water partition coefficient (Wildman–Crippen LogP) is 3.17. The molecule has 0 aliphatic carbocycles. The van der Waals surface area contributed by atoms with Crippen molar-refractivity contribution in [1.29, 1.82) is 0 Å². The minimum Gasteiger partial charge on any atom is -0.382 e. The summed E-state index contributed by atoms with van der Waals surface area (Å²) in [5.74, 6) is 0.273. The van der Waals surface area contributed by atoms with E-state index in [-0.39, 0.29) is 24.1 Å². The number of carbonyl (C=O) groups excluding carboxylic acids is 1. The molecular weight excluding hydrogens is 397 g/mol. The van der Waals surface area contributed by atoms with Gasteiger partial charge in [0.15, 0.2) is 17.3 Å². The number of hydrogen-bond acceptors (Lipinski definition) is 6. The molecule has 1 saturated heterocycles. The van der Waals surface area contributed by atoms with Crippen molar-refractivity contribution < 1.29 is 9.18 Å². The van der Waals surface area contributed by atoms with Crippen molar-refractivity contribution in [3.05, 3.63) is 60.2 Å². The molecule has 1 aliphatic heterocycles. The van der Waals surface area contributed by atoms with E-state index >= 15 is 0 Å². The fourth-order valence-corrected chi connectivity index (χ4v) is 3.84. The third kappa shape index (κ3) is 3.48. The van der Waals surface area contributed by atoms with E-state index in [0.29, 0.717) is 41.4 Å². The molecule has 2 N–H and O–H groups in total. The Labute approximate surface area is 177 Å². The maximum Gasteiger partial charge on any atom is 0.227 e. The zero-order valence-electron chi connectivity index (χ0n) is 16.7. The van der Waals surface area contributed by atoms with Gasteiger partial charge in [0.25, 0.3) is 0 Å². The molecule has 4 aromatic rings. The molecule has 1 amide bonds. The number of nitrogen functional groups attached to an aromatic ring is 1. The Morgan fingerprint density at radius 2 is 1.97 bits per heavy atom. The third-order valence-corrected chi connectivity index (χ3v) is 5.41. The summed E-state index contributed by atoms with van der Waals surface area (Å²) in [5.41, 5.74) is 8.32. The van der Waals surface area contributed by atoms with Gasteiger partial charge in [-0.1, -0.05) is 18.2 Å². The second kappa shape index (κ2) is 7.75. The van der Waals surface area contributed by atoms with Crippen LogP contribution in [0.1, 0.15) is 24.8 Å². The van der Waals surface area contributed by atoms with Gasteiger partial charge in [0.05, 0.1) is 18.1 Å². The van der Waals surface area contributed by atoms with Gasteiger partial charge in [0.2, 0.25) is 5.91 Å². The number of amides is 1. The summed E-state index contributed by atoms with van der Waals surface area (Å²) in [6.07, 6.45) is 5.53. The lowest BCUT2D eigenvalue weighted by Crippen LogP contribution is -2.36. The fourth-order valence-electron chi connectivity index (χ4n) is 3.84. The standard InChI is InChI=1S/C22H20FN7O/c23-16-8-2-1-6-14(16)13-30-22-15(7-5-10-25-22)19(28-30)21-26-12-17(20(24)27-21)29-11-4-3-9-18(29)31/h1-2,5-8,10,12H,3-4,9,11,13H2,(H2,24,26,27). The Balaban J connectivity index is 1.55. The maximum atomic E-state index is 14.2. The van der Waals surface area contributed by atoms with Gasteiger partial charge in [-0.3, -0.25) is 4.79 Å². The normalized spacial score (nSPS) is 14.4. The Kier molecular flexibility index (Phi) is 4.78. The lowest BCUT2D eigenvalue weighted by atomic mass is 10.1. The molecule has 5 rings (SSSR count). The summed E-state index contributed by atoms with van der Waals surface area (Å²) in [7, 11) is 0. The number of benzene rings is 1. The quantitative estimate of drug-likeness (QED) is 0.547. The molecule has 8 nitrogen and oxygen atoms in total. The summed E-state index contributed by atoms with van der Waals surface area (Å²) in [5, 5.41) is 5.36. The minimum absolute atomic E-state index is 0.0260. The number of hydrogen-bond donors (Lipinski definition) is 1. The lowest BCUT2D eigenvalue weighted by Gasteiger charge is -2.27. The lowest BCUT2D eigenvalue weighted by molar-refractivity contribution is -0.119. The second-order valence-electron chi connectivity index (χ2n) is 7.44. The molecular formula is C22H20FN7O. The molecule has 0 atom stereocenters. The van der Waals surface area contributed by atoms with Gasteiger partial charge in [-0.2, -0.15) is 5.10 Å². The molecule has 1 aliphatic rings. The number of rotatable bonds is 4. The van der Waals surface area contributed by atoms with Crippen LogP contribution in [0.15, 0.2) is 48.8 Å². The Morgan fingerprint density at radius 1 is 1.10 bits per heavy atom. The molecule has 1 aromatic carbocycles. The van der Waals surface area contributed by atoms with E-state index in [0.717, 1.165) is 18.2 Å². The second-order valence-corrected chi connectivity index (χ2v) is 7.44. The van der Waals surface area contributed by atoms with Crippen molar-refractivity contribution in [2.45, 2.75) is 25.8 Å². The van der Waals surface area contributed by atoms with Gasteiger partial charge < -0.3 is 10.6 Å². The monoisotopic (exact) mass is 417 g/mol. The molecule has 4 heterocycles. The molecule has 0 radical (unpaired) electrons. The number of aromatic nitrogens is 5. The van der Waals surface area contributed by atoms with Crippen molar-refractivity contribution in [1.82, 2.24) is 24.7 Å². The van der Waals surface area contributed by atoms with E-state index in [1.54, 1.807) is 46.2 Å². The van der Waals surface area contributed by atoms with Crippen LogP contribution in [0, 0.1) is 5.82 Å². The predicted molar refractivity (Wildman–Crippen MR) is 115 cm³/mol. The van der Waals surface area contributed by atoms with Gasteiger partial charge in [0.1, 0.15) is 17.2 Å². The van der Waals surface area contributed by atoms with Crippen molar-refractivity contribution in [2.24, 2.45) is 0 Å². The first-order valence-corrected chi connectivity index (χ1v) is 10.1. The molecule has 0 spiro atoms. The fraction of sp³-hybridized carbons (Fsp3) is 0.227. The number of fused-ring (bicyclic) bond motifs is 1. The number of pyridine rings is 1. The van der Waals surface area contributed by atoms with E-state index in [2.05, 4.69) is 20.1 Å². The summed E-state index contributed by atoms with van der Waals surface area (Å²) in [4.78, 5) is 27.2. The first-order valence-electron chi connectivity index (χ1n) is 10.1.